The van der Waals surface area contributed by atoms with Crippen LogP contribution in [0.3, 0.4) is 0 Å². The summed E-state index contributed by atoms with van der Waals surface area (Å²) in [7, 11) is 0. The molecule has 0 spiro atoms. The molecule has 1 fully saturated rings. The lowest BCUT2D eigenvalue weighted by Crippen LogP contribution is -2.29. The third-order valence-electron chi connectivity index (χ3n) is 5.83. The van der Waals surface area contributed by atoms with E-state index in [2.05, 4.69) is 4.98 Å². The van der Waals surface area contributed by atoms with Crippen LogP contribution in [0.4, 0.5) is 0 Å². The summed E-state index contributed by atoms with van der Waals surface area (Å²) in [5.41, 5.74) is 1.58. The largest absolute Gasteiger partial charge is 0.508 e. The summed E-state index contributed by atoms with van der Waals surface area (Å²) in [6.07, 6.45) is 1.62. The molecule has 6 nitrogen and oxygen atoms in total. The maximum Gasteiger partial charge on any atom is 0.296 e. The molecule has 0 saturated carbocycles. The second kappa shape index (κ2) is 8.24. The average Bonchev–Trinajstić information content (AvgIpc) is 3.09. The van der Waals surface area contributed by atoms with Gasteiger partial charge in [0.2, 0.25) is 0 Å². The second-order valence-corrected chi connectivity index (χ2v) is 7.87. The number of rotatable bonds is 4. The Morgan fingerprint density at radius 2 is 1.67 bits per heavy atom. The summed E-state index contributed by atoms with van der Waals surface area (Å²) >= 11 is 0. The van der Waals surface area contributed by atoms with E-state index in [9.17, 15) is 19.8 Å². The number of carbonyl (C=O) groups excluding carboxylic acids is 2. The van der Waals surface area contributed by atoms with Gasteiger partial charge in [-0.3, -0.25) is 14.6 Å². The van der Waals surface area contributed by atoms with Crippen molar-refractivity contribution in [3.8, 4) is 5.75 Å². The fraction of sp³-hybridized carbons (Fsp3) is 0.0741. The quantitative estimate of drug-likeness (QED) is 0.278. The number of aliphatic hydroxyl groups is 1. The number of phenols is 1. The molecule has 1 saturated heterocycles. The van der Waals surface area contributed by atoms with Gasteiger partial charge in [-0.2, -0.15) is 0 Å². The van der Waals surface area contributed by atoms with Crippen molar-refractivity contribution < 1.29 is 19.8 Å². The Morgan fingerprint density at radius 3 is 2.45 bits per heavy atom. The number of aromatic hydroxyl groups is 1. The van der Waals surface area contributed by atoms with E-state index in [1.807, 2.05) is 30.3 Å². The number of benzene rings is 3. The Kier molecular flexibility index (Phi) is 5.11. The van der Waals surface area contributed by atoms with Crippen LogP contribution in [0.5, 0.6) is 5.75 Å². The highest BCUT2D eigenvalue weighted by Gasteiger charge is 2.46. The van der Waals surface area contributed by atoms with Crippen molar-refractivity contribution in [2.75, 3.05) is 0 Å². The highest BCUT2D eigenvalue weighted by Crippen LogP contribution is 2.41. The molecule has 1 atom stereocenters. The van der Waals surface area contributed by atoms with E-state index in [4.69, 9.17) is 0 Å². The fourth-order valence-corrected chi connectivity index (χ4v) is 4.33. The van der Waals surface area contributed by atoms with Crippen LogP contribution in [-0.4, -0.2) is 31.8 Å². The van der Waals surface area contributed by atoms with Crippen LogP contribution in [-0.2, 0) is 16.1 Å². The SMILES string of the molecule is O=C1C(=O)N(Cc2ccccn2)C(c2cccc(O)c2)/C1=C(/O)c1cccc2ccccc12. The van der Waals surface area contributed by atoms with Crippen LogP contribution in [0, 0.1) is 0 Å². The summed E-state index contributed by atoms with van der Waals surface area (Å²) in [5.74, 6) is -1.75. The molecule has 1 aliphatic rings. The smallest absolute Gasteiger partial charge is 0.296 e. The van der Waals surface area contributed by atoms with Crippen LogP contribution in [0.15, 0.2) is 96.7 Å². The first kappa shape index (κ1) is 20.5. The molecule has 3 aromatic carbocycles. The van der Waals surface area contributed by atoms with Gasteiger partial charge in [0.15, 0.2) is 0 Å². The number of amides is 1. The summed E-state index contributed by atoms with van der Waals surface area (Å²) < 4.78 is 0. The molecule has 1 aliphatic heterocycles. The number of fused-ring (bicyclic) bond motifs is 1. The van der Waals surface area contributed by atoms with Crippen LogP contribution in [0.2, 0.25) is 0 Å². The first-order chi connectivity index (χ1) is 16.0. The van der Waals surface area contributed by atoms with Crippen molar-refractivity contribution in [2.45, 2.75) is 12.6 Å². The Hall–Kier alpha value is -4.45. The molecule has 6 heteroatoms. The van der Waals surface area contributed by atoms with Gasteiger partial charge in [0.1, 0.15) is 11.5 Å². The molecular formula is C27H20N2O4. The Balaban J connectivity index is 1.72. The van der Waals surface area contributed by atoms with Gasteiger partial charge in [0.25, 0.3) is 11.7 Å². The number of Topliss-reactive ketones (excluding diaryl/α,β-unsaturated/α-hetero) is 1. The van der Waals surface area contributed by atoms with Gasteiger partial charge in [0.05, 0.1) is 23.9 Å². The lowest BCUT2D eigenvalue weighted by molar-refractivity contribution is -0.140. The van der Waals surface area contributed by atoms with E-state index in [1.54, 1.807) is 48.7 Å². The lowest BCUT2D eigenvalue weighted by Gasteiger charge is -2.25. The van der Waals surface area contributed by atoms with Gasteiger partial charge in [-0.05, 0) is 40.6 Å². The molecular weight excluding hydrogens is 416 g/mol. The molecule has 1 amide bonds. The van der Waals surface area contributed by atoms with Gasteiger partial charge >= 0.3 is 0 Å². The minimum atomic E-state index is -0.877. The van der Waals surface area contributed by atoms with Crippen molar-refractivity contribution in [3.63, 3.8) is 0 Å². The zero-order valence-electron chi connectivity index (χ0n) is 17.6. The van der Waals surface area contributed by atoms with Gasteiger partial charge in [-0.25, -0.2) is 0 Å². The van der Waals surface area contributed by atoms with Gasteiger partial charge < -0.3 is 15.1 Å². The summed E-state index contributed by atoms with van der Waals surface area (Å²) in [6.45, 7) is 0.0814. The van der Waals surface area contributed by atoms with E-state index < -0.39 is 17.7 Å². The van der Waals surface area contributed by atoms with Crippen molar-refractivity contribution in [3.05, 3.63) is 114 Å². The summed E-state index contributed by atoms with van der Waals surface area (Å²) in [5, 5.41) is 23.1. The van der Waals surface area contributed by atoms with Crippen LogP contribution < -0.4 is 0 Å². The average molecular weight is 436 g/mol. The van der Waals surface area contributed by atoms with E-state index >= 15 is 0 Å². The molecule has 5 rings (SSSR count). The normalized spacial score (nSPS) is 17.6. The Bertz CT molecular complexity index is 1410. The fourth-order valence-electron chi connectivity index (χ4n) is 4.33. The Labute approximate surface area is 190 Å². The second-order valence-electron chi connectivity index (χ2n) is 7.87. The van der Waals surface area contributed by atoms with Gasteiger partial charge in [-0.1, -0.05) is 60.7 Å². The van der Waals surface area contributed by atoms with Crippen LogP contribution in [0.1, 0.15) is 22.9 Å². The molecule has 0 bridgehead atoms. The molecule has 1 aromatic heterocycles. The number of aliphatic hydroxyl groups excluding tert-OH is 1. The van der Waals surface area contributed by atoms with Crippen LogP contribution >= 0.6 is 0 Å². The van der Waals surface area contributed by atoms with Crippen molar-refractivity contribution in [2.24, 2.45) is 0 Å². The maximum atomic E-state index is 13.2. The molecule has 1 unspecified atom stereocenters. The molecule has 33 heavy (non-hydrogen) atoms. The first-order valence-electron chi connectivity index (χ1n) is 10.5. The Morgan fingerprint density at radius 1 is 0.909 bits per heavy atom. The molecule has 162 valence electrons. The zero-order valence-corrected chi connectivity index (χ0v) is 17.6. The molecule has 2 heterocycles. The standard InChI is InChI=1S/C27H20N2O4/c30-20-11-5-9-18(15-20)24-23(25(31)22-13-6-8-17-7-1-2-12-21(17)22)26(32)27(33)29(24)16-19-10-3-4-14-28-19/h1-15,24,30-31H,16H2/b25-23-. The van der Waals surface area contributed by atoms with Gasteiger partial charge in [-0.15, -0.1) is 0 Å². The van der Waals surface area contributed by atoms with Crippen LogP contribution in [0.25, 0.3) is 16.5 Å². The lowest BCUT2D eigenvalue weighted by atomic mass is 9.93. The number of ketones is 1. The number of pyridine rings is 1. The monoisotopic (exact) mass is 436 g/mol. The van der Waals surface area contributed by atoms with E-state index in [-0.39, 0.29) is 23.6 Å². The van der Waals surface area contributed by atoms with Crippen molar-refractivity contribution in [1.82, 2.24) is 9.88 Å². The summed E-state index contributed by atoms with van der Waals surface area (Å²) in [4.78, 5) is 32.0. The zero-order chi connectivity index (χ0) is 22.9. The molecule has 0 aliphatic carbocycles. The number of likely N-dealkylation sites (tertiary alicyclic amines) is 1. The third kappa shape index (κ3) is 3.61. The highest BCUT2D eigenvalue weighted by molar-refractivity contribution is 6.46. The number of phenolic OH excluding ortho intramolecular Hbond substituents is 1. The number of carbonyl (C=O) groups is 2. The first-order valence-corrected chi connectivity index (χ1v) is 10.5. The number of aromatic nitrogens is 1. The van der Waals surface area contributed by atoms with Gasteiger partial charge in [0, 0.05) is 11.8 Å². The van der Waals surface area contributed by atoms with Crippen molar-refractivity contribution in [1.29, 1.82) is 0 Å². The highest BCUT2D eigenvalue weighted by atomic mass is 16.3. The third-order valence-corrected chi connectivity index (χ3v) is 5.83. The van der Waals surface area contributed by atoms with E-state index in [1.165, 1.54) is 17.0 Å². The van der Waals surface area contributed by atoms with Crippen molar-refractivity contribution >= 4 is 28.2 Å². The summed E-state index contributed by atoms with van der Waals surface area (Å²) in [6, 6.07) is 23.8. The number of hydrogen-bond donors (Lipinski definition) is 2. The minimum absolute atomic E-state index is 0.00100. The van der Waals surface area contributed by atoms with E-state index in [0.717, 1.165) is 10.8 Å². The minimum Gasteiger partial charge on any atom is -0.508 e. The molecule has 0 radical (unpaired) electrons. The number of hydrogen-bond acceptors (Lipinski definition) is 5. The molecule has 2 N–H and O–H groups in total. The molecule has 4 aromatic rings. The maximum absolute atomic E-state index is 13.2. The predicted molar refractivity (Wildman–Crippen MR) is 124 cm³/mol. The predicted octanol–water partition coefficient (Wildman–Crippen LogP) is 4.56. The number of nitrogens with zero attached hydrogens (tertiary/aromatic N) is 2. The topological polar surface area (TPSA) is 90.7 Å². The van der Waals surface area contributed by atoms with E-state index in [0.29, 0.717) is 16.8 Å².